The molecule has 1 amide bonds. The van der Waals surface area contributed by atoms with Gasteiger partial charge in [0.25, 0.3) is 5.69 Å². The molecule has 110 valence electrons. The van der Waals surface area contributed by atoms with Crippen LogP contribution in [0.2, 0.25) is 0 Å². The second-order valence-corrected chi connectivity index (χ2v) is 5.99. The Balaban J connectivity index is 2.34. The number of primary amides is 1. The number of aryl methyl sites for hydroxylation is 1. The summed E-state index contributed by atoms with van der Waals surface area (Å²) in [6, 6.07) is 7.91. The smallest absolute Gasteiger partial charge is 0.292 e. The molecule has 0 radical (unpaired) electrons. The second kappa shape index (κ2) is 5.92. The van der Waals surface area contributed by atoms with Crippen molar-refractivity contribution in [2.45, 2.75) is 19.9 Å². The van der Waals surface area contributed by atoms with Crippen molar-refractivity contribution >= 4 is 28.6 Å². The summed E-state index contributed by atoms with van der Waals surface area (Å²) in [7, 11) is 0. The predicted molar refractivity (Wildman–Crippen MR) is 82.7 cm³/mol. The lowest BCUT2D eigenvalue weighted by molar-refractivity contribution is -0.384. The molecule has 2 rings (SSSR count). The van der Waals surface area contributed by atoms with Crippen LogP contribution in [0.1, 0.15) is 33.1 Å². The number of hydrogen-bond acceptors (Lipinski definition) is 5. The monoisotopic (exact) mass is 305 g/mol. The maximum atomic E-state index is 11.2. The van der Waals surface area contributed by atoms with Crippen LogP contribution >= 0.6 is 11.3 Å². The zero-order valence-corrected chi connectivity index (χ0v) is 12.4. The molecule has 0 aliphatic carbocycles. The second-order valence-electron chi connectivity index (χ2n) is 4.67. The average molecular weight is 305 g/mol. The first kappa shape index (κ1) is 15.0. The number of thiophene rings is 1. The van der Waals surface area contributed by atoms with E-state index in [4.69, 9.17) is 5.73 Å². The number of nitrogens with one attached hydrogen (secondary N) is 1. The van der Waals surface area contributed by atoms with Gasteiger partial charge in [-0.1, -0.05) is 0 Å². The molecule has 2 aromatic rings. The maximum absolute atomic E-state index is 11.2. The van der Waals surface area contributed by atoms with E-state index in [2.05, 4.69) is 5.32 Å². The molecule has 1 aromatic heterocycles. The highest BCUT2D eigenvalue weighted by Gasteiger charge is 2.18. The topological polar surface area (TPSA) is 98.3 Å². The molecule has 1 atom stereocenters. The van der Waals surface area contributed by atoms with E-state index in [1.165, 1.54) is 23.1 Å². The molecule has 7 heteroatoms. The van der Waals surface area contributed by atoms with E-state index >= 15 is 0 Å². The molecule has 21 heavy (non-hydrogen) atoms. The molecular formula is C14H15N3O3S. The molecule has 1 unspecified atom stereocenters. The van der Waals surface area contributed by atoms with Crippen LogP contribution in [0.5, 0.6) is 0 Å². The molecule has 0 saturated heterocycles. The fourth-order valence-electron chi connectivity index (χ4n) is 1.95. The Hall–Kier alpha value is -2.41. The highest BCUT2D eigenvalue weighted by atomic mass is 32.1. The van der Waals surface area contributed by atoms with Gasteiger partial charge in [-0.15, -0.1) is 11.3 Å². The minimum atomic E-state index is -0.618. The minimum Gasteiger partial charge on any atom is -0.372 e. The summed E-state index contributed by atoms with van der Waals surface area (Å²) in [5.41, 5.74) is 5.66. The molecule has 1 aromatic carbocycles. The molecule has 0 aliphatic heterocycles. The van der Waals surface area contributed by atoms with Crippen LogP contribution in [0, 0.1) is 17.0 Å². The van der Waals surface area contributed by atoms with E-state index < -0.39 is 10.8 Å². The highest BCUT2D eigenvalue weighted by molar-refractivity contribution is 7.12. The van der Waals surface area contributed by atoms with E-state index in [0.717, 1.165) is 4.88 Å². The third kappa shape index (κ3) is 3.38. The Morgan fingerprint density at radius 1 is 1.38 bits per heavy atom. The predicted octanol–water partition coefficient (Wildman–Crippen LogP) is 3.24. The van der Waals surface area contributed by atoms with Gasteiger partial charge in [0.1, 0.15) is 5.69 Å². The van der Waals surface area contributed by atoms with Gasteiger partial charge in [0.15, 0.2) is 0 Å². The van der Waals surface area contributed by atoms with Gasteiger partial charge in [-0.2, -0.15) is 0 Å². The summed E-state index contributed by atoms with van der Waals surface area (Å²) >= 11 is 1.62. The molecule has 0 saturated carbocycles. The van der Waals surface area contributed by atoms with E-state index in [-0.39, 0.29) is 23.0 Å². The van der Waals surface area contributed by atoms with E-state index in [1.807, 2.05) is 26.0 Å². The Morgan fingerprint density at radius 2 is 2.10 bits per heavy atom. The molecule has 0 fully saturated rings. The summed E-state index contributed by atoms with van der Waals surface area (Å²) in [4.78, 5) is 24.0. The van der Waals surface area contributed by atoms with Gasteiger partial charge >= 0.3 is 0 Å². The number of nitro benzene ring substituents is 1. The Kier molecular flexibility index (Phi) is 4.23. The van der Waals surface area contributed by atoms with Crippen LogP contribution in [0.25, 0.3) is 0 Å². The molecule has 0 bridgehead atoms. The molecule has 6 nitrogen and oxygen atoms in total. The summed E-state index contributed by atoms with van der Waals surface area (Å²) in [5.74, 6) is -0.618. The molecule has 3 N–H and O–H groups in total. The van der Waals surface area contributed by atoms with Gasteiger partial charge in [-0.05, 0) is 38.1 Å². The van der Waals surface area contributed by atoms with Crippen molar-refractivity contribution < 1.29 is 9.72 Å². The number of nitrogens with zero attached hydrogens (tertiary/aromatic N) is 1. The molecular weight excluding hydrogens is 290 g/mol. The average Bonchev–Trinajstić information content (AvgIpc) is 2.85. The molecule has 0 aliphatic rings. The highest BCUT2D eigenvalue weighted by Crippen LogP contribution is 2.31. The fraction of sp³-hybridized carbons (Fsp3) is 0.214. The normalized spacial score (nSPS) is 11.9. The van der Waals surface area contributed by atoms with Crippen LogP contribution in [-0.2, 0) is 0 Å². The zero-order chi connectivity index (χ0) is 15.6. The van der Waals surface area contributed by atoms with Crippen LogP contribution in [0.15, 0.2) is 30.3 Å². The van der Waals surface area contributed by atoms with Gasteiger partial charge < -0.3 is 11.1 Å². The SMILES string of the molecule is Cc1ccc(C(C)Nc2cc(C(N)=O)ccc2[N+](=O)[O-])s1. The minimum absolute atomic E-state index is 0.0832. The summed E-state index contributed by atoms with van der Waals surface area (Å²) < 4.78 is 0. The standard InChI is InChI=1S/C14H15N3O3S/c1-8-3-6-13(21-8)9(2)16-11-7-10(14(15)18)4-5-12(11)17(19)20/h3-7,9,16H,1-2H3,(H2,15,18). The number of benzene rings is 1. The Labute approximate surface area is 125 Å². The number of nitro groups is 1. The van der Waals surface area contributed by atoms with E-state index in [9.17, 15) is 14.9 Å². The van der Waals surface area contributed by atoms with Crippen LogP contribution in [0.4, 0.5) is 11.4 Å². The van der Waals surface area contributed by atoms with E-state index in [1.54, 1.807) is 11.3 Å². The fourth-order valence-corrected chi connectivity index (χ4v) is 2.83. The number of rotatable bonds is 5. The number of anilines is 1. The van der Waals surface area contributed by atoms with Gasteiger partial charge in [0, 0.05) is 21.4 Å². The van der Waals surface area contributed by atoms with Gasteiger partial charge in [0.2, 0.25) is 5.91 Å². The van der Waals surface area contributed by atoms with Crippen molar-refractivity contribution in [2.75, 3.05) is 5.32 Å². The van der Waals surface area contributed by atoms with Crippen molar-refractivity contribution in [2.24, 2.45) is 5.73 Å². The largest absolute Gasteiger partial charge is 0.372 e. The first-order chi connectivity index (χ1) is 9.88. The summed E-state index contributed by atoms with van der Waals surface area (Å²) in [5, 5.41) is 14.2. The number of carbonyl (C=O) groups is 1. The Morgan fingerprint density at radius 3 is 2.62 bits per heavy atom. The quantitative estimate of drug-likeness (QED) is 0.654. The number of nitrogens with two attached hydrogens (primary N) is 1. The number of hydrogen-bond donors (Lipinski definition) is 2. The van der Waals surface area contributed by atoms with Crippen molar-refractivity contribution in [3.63, 3.8) is 0 Å². The Bertz CT molecular complexity index is 697. The van der Waals surface area contributed by atoms with Crippen molar-refractivity contribution in [3.05, 3.63) is 55.8 Å². The molecule has 0 spiro atoms. The molecule has 1 heterocycles. The van der Waals surface area contributed by atoms with Crippen molar-refractivity contribution in [3.8, 4) is 0 Å². The van der Waals surface area contributed by atoms with Crippen LogP contribution in [0.3, 0.4) is 0 Å². The lowest BCUT2D eigenvalue weighted by Crippen LogP contribution is -2.13. The number of amides is 1. The van der Waals surface area contributed by atoms with Crippen LogP contribution < -0.4 is 11.1 Å². The lowest BCUT2D eigenvalue weighted by Gasteiger charge is -2.14. The lowest BCUT2D eigenvalue weighted by atomic mass is 10.1. The van der Waals surface area contributed by atoms with Gasteiger partial charge in [-0.3, -0.25) is 14.9 Å². The van der Waals surface area contributed by atoms with Gasteiger partial charge in [-0.25, -0.2) is 0 Å². The summed E-state index contributed by atoms with van der Waals surface area (Å²) in [6.07, 6.45) is 0. The van der Waals surface area contributed by atoms with E-state index in [0.29, 0.717) is 0 Å². The van der Waals surface area contributed by atoms with Crippen LogP contribution in [-0.4, -0.2) is 10.8 Å². The maximum Gasteiger partial charge on any atom is 0.292 e. The third-order valence-corrected chi connectivity index (χ3v) is 4.22. The zero-order valence-electron chi connectivity index (χ0n) is 11.6. The van der Waals surface area contributed by atoms with Gasteiger partial charge in [0.05, 0.1) is 11.0 Å². The third-order valence-electron chi connectivity index (χ3n) is 3.04. The summed E-state index contributed by atoms with van der Waals surface area (Å²) in [6.45, 7) is 3.91. The van der Waals surface area contributed by atoms with Crippen molar-refractivity contribution in [1.82, 2.24) is 0 Å². The van der Waals surface area contributed by atoms with Crippen molar-refractivity contribution in [1.29, 1.82) is 0 Å². The first-order valence-corrected chi connectivity index (χ1v) is 7.11. The number of carbonyl (C=O) groups excluding carboxylic acids is 1. The first-order valence-electron chi connectivity index (χ1n) is 6.29.